The quantitative estimate of drug-likeness (QED) is 0.599. The molecule has 3 aromatic rings. The lowest BCUT2D eigenvalue weighted by molar-refractivity contribution is 0.1000. The summed E-state index contributed by atoms with van der Waals surface area (Å²) in [6.07, 6.45) is 1.74. The molecular formula is C22H24N6O. The molecule has 1 aromatic carbocycles. The number of rotatable bonds is 6. The standard InChI is InChI=1S/C22H24N6O/c23-22(29)18-12-19(27-21(14-18)28-10-8-24-9-11-28)17-6-7-25-20(13-17)26-15-16-4-2-1-3-5-16/h1-7,12-14,24H,8-11,15H2,(H2,23,29)(H,25,26). The minimum absolute atomic E-state index is 0.457. The molecule has 1 aliphatic rings. The van der Waals surface area contributed by atoms with Gasteiger partial charge in [0.25, 0.3) is 0 Å². The van der Waals surface area contributed by atoms with Crippen LogP contribution in [0.3, 0.4) is 0 Å². The van der Waals surface area contributed by atoms with Gasteiger partial charge in [-0.25, -0.2) is 9.97 Å². The van der Waals surface area contributed by atoms with Gasteiger partial charge in [-0.1, -0.05) is 30.3 Å². The Morgan fingerprint density at radius 3 is 2.66 bits per heavy atom. The molecule has 1 saturated heterocycles. The van der Waals surface area contributed by atoms with Gasteiger partial charge in [0.15, 0.2) is 0 Å². The number of nitrogens with one attached hydrogen (secondary N) is 2. The fraction of sp³-hybridized carbons (Fsp3) is 0.227. The third kappa shape index (κ3) is 4.70. The molecule has 1 amide bonds. The van der Waals surface area contributed by atoms with Crippen LogP contribution in [0, 0.1) is 0 Å². The molecule has 0 radical (unpaired) electrons. The van der Waals surface area contributed by atoms with Crippen molar-refractivity contribution in [1.82, 2.24) is 15.3 Å². The zero-order chi connectivity index (χ0) is 20.1. The van der Waals surface area contributed by atoms with Crippen LogP contribution in [0.1, 0.15) is 15.9 Å². The van der Waals surface area contributed by atoms with Crippen LogP contribution in [0.5, 0.6) is 0 Å². The normalized spacial score (nSPS) is 13.9. The largest absolute Gasteiger partial charge is 0.366 e. The third-order valence-electron chi connectivity index (χ3n) is 4.91. The van der Waals surface area contributed by atoms with Crippen LogP contribution < -0.4 is 21.3 Å². The van der Waals surface area contributed by atoms with Crippen LogP contribution in [-0.2, 0) is 6.54 Å². The van der Waals surface area contributed by atoms with Crippen molar-refractivity contribution in [2.75, 3.05) is 36.4 Å². The maximum atomic E-state index is 11.9. The Balaban J connectivity index is 1.61. The van der Waals surface area contributed by atoms with Gasteiger partial charge in [0.05, 0.1) is 5.69 Å². The van der Waals surface area contributed by atoms with E-state index in [1.54, 1.807) is 18.3 Å². The van der Waals surface area contributed by atoms with E-state index in [-0.39, 0.29) is 0 Å². The van der Waals surface area contributed by atoms with E-state index in [1.807, 2.05) is 30.3 Å². The fourth-order valence-corrected chi connectivity index (χ4v) is 3.34. The van der Waals surface area contributed by atoms with Crippen molar-refractivity contribution in [3.63, 3.8) is 0 Å². The molecule has 3 heterocycles. The molecule has 29 heavy (non-hydrogen) atoms. The van der Waals surface area contributed by atoms with Crippen LogP contribution in [0.2, 0.25) is 0 Å². The Hall–Kier alpha value is -3.45. The van der Waals surface area contributed by atoms with Gasteiger partial charge >= 0.3 is 0 Å². The first-order chi connectivity index (χ1) is 14.2. The van der Waals surface area contributed by atoms with Crippen molar-refractivity contribution in [2.45, 2.75) is 6.54 Å². The highest BCUT2D eigenvalue weighted by Gasteiger charge is 2.16. The Bertz CT molecular complexity index is 986. The van der Waals surface area contributed by atoms with Crippen LogP contribution in [0.4, 0.5) is 11.6 Å². The summed E-state index contributed by atoms with van der Waals surface area (Å²) in [5.74, 6) is 1.07. The van der Waals surface area contributed by atoms with Gasteiger partial charge in [-0.3, -0.25) is 4.79 Å². The number of carbonyl (C=O) groups is 1. The predicted octanol–water partition coefficient (Wildman–Crippen LogP) is 2.26. The van der Waals surface area contributed by atoms with Crippen molar-refractivity contribution in [2.24, 2.45) is 5.73 Å². The number of nitrogens with zero attached hydrogens (tertiary/aromatic N) is 3. The number of anilines is 2. The molecule has 1 fully saturated rings. The van der Waals surface area contributed by atoms with Gasteiger partial charge in [-0.2, -0.15) is 0 Å². The summed E-state index contributed by atoms with van der Waals surface area (Å²) in [4.78, 5) is 23.3. The van der Waals surface area contributed by atoms with E-state index < -0.39 is 5.91 Å². The molecule has 0 bridgehead atoms. The van der Waals surface area contributed by atoms with Crippen LogP contribution in [0.15, 0.2) is 60.8 Å². The summed E-state index contributed by atoms with van der Waals surface area (Å²) in [6, 6.07) is 17.5. The number of piperazine rings is 1. The smallest absolute Gasteiger partial charge is 0.248 e. The SMILES string of the molecule is NC(=O)c1cc(-c2ccnc(NCc3ccccc3)c2)nc(N2CCNCC2)c1. The van der Waals surface area contributed by atoms with Crippen LogP contribution in [0.25, 0.3) is 11.3 Å². The van der Waals surface area contributed by atoms with E-state index in [2.05, 4.69) is 32.7 Å². The highest BCUT2D eigenvalue weighted by molar-refractivity contribution is 5.94. The number of hydrogen-bond donors (Lipinski definition) is 3. The second-order valence-electron chi connectivity index (χ2n) is 6.97. The Kier molecular flexibility index (Phi) is 5.67. The lowest BCUT2D eigenvalue weighted by Gasteiger charge is -2.29. The van der Waals surface area contributed by atoms with Crippen LogP contribution >= 0.6 is 0 Å². The second kappa shape index (κ2) is 8.70. The maximum Gasteiger partial charge on any atom is 0.248 e. The first-order valence-electron chi connectivity index (χ1n) is 9.71. The molecule has 7 nitrogen and oxygen atoms in total. The van der Waals surface area contributed by atoms with Crippen molar-refractivity contribution < 1.29 is 4.79 Å². The molecule has 148 valence electrons. The van der Waals surface area contributed by atoms with E-state index in [1.165, 1.54) is 5.56 Å². The summed E-state index contributed by atoms with van der Waals surface area (Å²) >= 11 is 0. The Labute approximate surface area is 170 Å². The minimum Gasteiger partial charge on any atom is -0.366 e. The zero-order valence-corrected chi connectivity index (χ0v) is 16.1. The van der Waals surface area contributed by atoms with E-state index in [0.29, 0.717) is 17.8 Å². The van der Waals surface area contributed by atoms with Gasteiger partial charge in [0.2, 0.25) is 5.91 Å². The fourth-order valence-electron chi connectivity index (χ4n) is 3.34. The Morgan fingerprint density at radius 1 is 1.10 bits per heavy atom. The van der Waals surface area contributed by atoms with Gasteiger partial charge < -0.3 is 21.3 Å². The molecule has 4 rings (SSSR count). The zero-order valence-electron chi connectivity index (χ0n) is 16.1. The van der Waals surface area contributed by atoms with E-state index in [4.69, 9.17) is 10.7 Å². The summed E-state index contributed by atoms with van der Waals surface area (Å²) in [6.45, 7) is 4.14. The Morgan fingerprint density at radius 2 is 1.90 bits per heavy atom. The molecule has 1 aliphatic heterocycles. The second-order valence-corrected chi connectivity index (χ2v) is 6.97. The average molecular weight is 388 g/mol. The molecule has 0 aliphatic carbocycles. The lowest BCUT2D eigenvalue weighted by atomic mass is 10.1. The molecule has 2 aromatic heterocycles. The molecule has 7 heteroatoms. The van der Waals surface area contributed by atoms with Gasteiger partial charge in [-0.05, 0) is 29.8 Å². The third-order valence-corrected chi connectivity index (χ3v) is 4.91. The predicted molar refractivity (Wildman–Crippen MR) is 115 cm³/mol. The van der Waals surface area contributed by atoms with Crippen molar-refractivity contribution in [1.29, 1.82) is 0 Å². The molecule has 0 spiro atoms. The molecule has 0 unspecified atom stereocenters. The number of primary amides is 1. The number of carbonyl (C=O) groups excluding carboxylic acids is 1. The van der Waals surface area contributed by atoms with E-state index in [0.717, 1.165) is 43.4 Å². The topological polar surface area (TPSA) is 96.2 Å². The minimum atomic E-state index is -0.457. The van der Waals surface area contributed by atoms with E-state index >= 15 is 0 Å². The first-order valence-corrected chi connectivity index (χ1v) is 9.71. The van der Waals surface area contributed by atoms with Crippen molar-refractivity contribution >= 4 is 17.5 Å². The van der Waals surface area contributed by atoms with Gasteiger partial charge in [0, 0.05) is 50.0 Å². The highest BCUT2D eigenvalue weighted by atomic mass is 16.1. The monoisotopic (exact) mass is 388 g/mol. The van der Waals surface area contributed by atoms with Crippen LogP contribution in [-0.4, -0.2) is 42.1 Å². The summed E-state index contributed by atoms with van der Waals surface area (Å²) < 4.78 is 0. The molecule has 0 atom stereocenters. The van der Waals surface area contributed by atoms with Gasteiger partial charge in [-0.15, -0.1) is 0 Å². The summed E-state index contributed by atoms with van der Waals surface area (Å²) in [5.41, 5.74) is 8.80. The number of pyridine rings is 2. The maximum absolute atomic E-state index is 11.9. The highest BCUT2D eigenvalue weighted by Crippen LogP contribution is 2.25. The average Bonchev–Trinajstić information content (AvgIpc) is 2.79. The lowest BCUT2D eigenvalue weighted by Crippen LogP contribution is -2.44. The molecular weight excluding hydrogens is 364 g/mol. The number of amides is 1. The molecule has 0 saturated carbocycles. The van der Waals surface area contributed by atoms with Crippen molar-refractivity contribution in [3.8, 4) is 11.3 Å². The number of nitrogens with two attached hydrogens (primary N) is 1. The summed E-state index contributed by atoms with van der Waals surface area (Å²) in [7, 11) is 0. The summed E-state index contributed by atoms with van der Waals surface area (Å²) in [5, 5.41) is 6.66. The first kappa shape index (κ1) is 18.9. The van der Waals surface area contributed by atoms with Crippen molar-refractivity contribution in [3.05, 3.63) is 71.9 Å². The van der Waals surface area contributed by atoms with E-state index in [9.17, 15) is 4.79 Å². The number of aromatic nitrogens is 2. The number of benzene rings is 1. The number of hydrogen-bond acceptors (Lipinski definition) is 6. The van der Waals surface area contributed by atoms with Gasteiger partial charge in [0.1, 0.15) is 11.6 Å². The molecule has 4 N–H and O–H groups in total.